The quantitative estimate of drug-likeness (QED) is 0.738. The van der Waals surface area contributed by atoms with E-state index in [1.165, 1.54) is 18.5 Å². The third kappa shape index (κ3) is 2.13. The minimum Gasteiger partial charge on any atom is -0.328 e. The van der Waals surface area contributed by atoms with E-state index < -0.39 is 0 Å². The summed E-state index contributed by atoms with van der Waals surface area (Å²) in [6, 6.07) is 6.52. The first-order chi connectivity index (χ1) is 6.75. The molecule has 0 radical (unpaired) electrons. The molecule has 1 fully saturated rings. The van der Waals surface area contributed by atoms with Crippen LogP contribution >= 0.6 is 0 Å². The third-order valence-electron chi connectivity index (χ3n) is 3.09. The first-order valence-electron chi connectivity index (χ1n) is 5.42. The molecule has 0 aliphatic heterocycles. The van der Waals surface area contributed by atoms with Gasteiger partial charge >= 0.3 is 0 Å². The third-order valence-corrected chi connectivity index (χ3v) is 3.09. The van der Waals surface area contributed by atoms with Crippen molar-refractivity contribution >= 4 is 0 Å². The SMILES string of the molecule is C[C@@H]1C[C@H](N)C[C@@H](c2ccccn2)C1. The van der Waals surface area contributed by atoms with Crippen LogP contribution in [0.4, 0.5) is 0 Å². The molecule has 2 heteroatoms. The fourth-order valence-electron chi connectivity index (χ4n) is 2.52. The summed E-state index contributed by atoms with van der Waals surface area (Å²) in [6.45, 7) is 2.29. The summed E-state index contributed by atoms with van der Waals surface area (Å²) in [6.07, 6.45) is 5.38. The highest BCUT2D eigenvalue weighted by Gasteiger charge is 2.25. The molecule has 0 aromatic carbocycles. The maximum atomic E-state index is 6.03. The average Bonchev–Trinajstić information content (AvgIpc) is 2.18. The Morgan fingerprint density at radius 2 is 2.14 bits per heavy atom. The van der Waals surface area contributed by atoms with Gasteiger partial charge in [0.2, 0.25) is 0 Å². The molecule has 0 unspecified atom stereocenters. The second-order valence-electron chi connectivity index (χ2n) is 4.52. The Morgan fingerprint density at radius 1 is 1.29 bits per heavy atom. The van der Waals surface area contributed by atoms with Crippen LogP contribution in [0.15, 0.2) is 24.4 Å². The van der Waals surface area contributed by atoms with Crippen LogP contribution in [0, 0.1) is 5.92 Å². The van der Waals surface area contributed by atoms with E-state index in [2.05, 4.69) is 24.0 Å². The Labute approximate surface area is 85.5 Å². The number of nitrogens with two attached hydrogens (primary N) is 1. The maximum Gasteiger partial charge on any atom is 0.0435 e. The van der Waals surface area contributed by atoms with Crippen LogP contribution in [0.2, 0.25) is 0 Å². The van der Waals surface area contributed by atoms with Gasteiger partial charge in [0.15, 0.2) is 0 Å². The highest BCUT2D eigenvalue weighted by atomic mass is 14.7. The Kier molecular flexibility index (Phi) is 2.82. The van der Waals surface area contributed by atoms with Crippen molar-refractivity contribution in [2.75, 3.05) is 0 Å². The van der Waals surface area contributed by atoms with Crippen LogP contribution in [-0.4, -0.2) is 11.0 Å². The molecule has 1 heterocycles. The minimum absolute atomic E-state index is 0.366. The molecule has 1 aromatic heterocycles. The van der Waals surface area contributed by atoms with Crippen molar-refractivity contribution in [2.24, 2.45) is 11.7 Å². The number of hydrogen-bond acceptors (Lipinski definition) is 2. The summed E-state index contributed by atoms with van der Waals surface area (Å²) >= 11 is 0. The Balaban J connectivity index is 2.11. The van der Waals surface area contributed by atoms with Crippen LogP contribution in [0.1, 0.15) is 37.8 Å². The number of nitrogens with zero attached hydrogens (tertiary/aromatic N) is 1. The van der Waals surface area contributed by atoms with E-state index in [1.54, 1.807) is 0 Å². The Hall–Kier alpha value is -0.890. The molecule has 0 amide bonds. The molecule has 76 valence electrons. The van der Waals surface area contributed by atoms with Gasteiger partial charge in [0, 0.05) is 23.9 Å². The van der Waals surface area contributed by atoms with Gasteiger partial charge in [-0.1, -0.05) is 13.0 Å². The average molecular weight is 190 g/mol. The van der Waals surface area contributed by atoms with Crippen LogP contribution in [0.5, 0.6) is 0 Å². The largest absolute Gasteiger partial charge is 0.328 e. The second kappa shape index (κ2) is 4.09. The van der Waals surface area contributed by atoms with E-state index in [1.807, 2.05) is 12.3 Å². The lowest BCUT2D eigenvalue weighted by atomic mass is 9.78. The molecule has 3 atom stereocenters. The Morgan fingerprint density at radius 3 is 2.79 bits per heavy atom. The molecular formula is C12H18N2. The summed E-state index contributed by atoms with van der Waals surface area (Å²) in [5.41, 5.74) is 7.24. The first kappa shape index (κ1) is 9.66. The highest BCUT2D eigenvalue weighted by molar-refractivity contribution is 5.11. The zero-order chi connectivity index (χ0) is 9.97. The van der Waals surface area contributed by atoms with Crippen molar-refractivity contribution in [1.82, 2.24) is 4.98 Å². The van der Waals surface area contributed by atoms with E-state index in [9.17, 15) is 0 Å². The van der Waals surface area contributed by atoms with Crippen molar-refractivity contribution in [3.63, 3.8) is 0 Å². The maximum absolute atomic E-state index is 6.03. The normalized spacial score (nSPS) is 32.9. The van der Waals surface area contributed by atoms with E-state index in [0.717, 1.165) is 12.3 Å². The van der Waals surface area contributed by atoms with Crippen molar-refractivity contribution in [1.29, 1.82) is 0 Å². The zero-order valence-corrected chi connectivity index (χ0v) is 8.69. The Bertz CT molecular complexity index is 274. The van der Waals surface area contributed by atoms with Gasteiger partial charge in [0.1, 0.15) is 0 Å². The summed E-state index contributed by atoms with van der Waals surface area (Å²) in [4.78, 5) is 4.42. The van der Waals surface area contributed by atoms with Gasteiger partial charge in [-0.25, -0.2) is 0 Å². The molecule has 2 N–H and O–H groups in total. The van der Waals surface area contributed by atoms with Gasteiger partial charge in [0.05, 0.1) is 0 Å². The molecule has 1 aliphatic carbocycles. The summed E-state index contributed by atoms with van der Waals surface area (Å²) in [7, 11) is 0. The predicted octanol–water partition coefficient (Wildman–Crippen LogP) is 2.31. The molecular weight excluding hydrogens is 172 g/mol. The van der Waals surface area contributed by atoms with Crippen molar-refractivity contribution < 1.29 is 0 Å². The standard InChI is InChI=1S/C12H18N2/c1-9-6-10(8-11(13)7-9)12-4-2-3-5-14-12/h2-5,9-11H,6-8,13H2,1H3/t9-,10-,11-/m0/s1. The van der Waals surface area contributed by atoms with Crippen molar-refractivity contribution in [3.05, 3.63) is 30.1 Å². The number of aromatic nitrogens is 1. The molecule has 1 saturated carbocycles. The molecule has 0 saturated heterocycles. The summed E-state index contributed by atoms with van der Waals surface area (Å²) < 4.78 is 0. The monoisotopic (exact) mass is 190 g/mol. The van der Waals surface area contributed by atoms with Gasteiger partial charge in [0.25, 0.3) is 0 Å². The lowest BCUT2D eigenvalue weighted by molar-refractivity contribution is 0.304. The molecule has 2 rings (SSSR count). The number of hydrogen-bond donors (Lipinski definition) is 1. The van der Waals surface area contributed by atoms with E-state index in [-0.39, 0.29) is 0 Å². The molecule has 0 spiro atoms. The fourth-order valence-corrected chi connectivity index (χ4v) is 2.52. The van der Waals surface area contributed by atoms with E-state index >= 15 is 0 Å². The van der Waals surface area contributed by atoms with Gasteiger partial charge in [-0.05, 0) is 37.3 Å². The van der Waals surface area contributed by atoms with Crippen LogP contribution in [0.25, 0.3) is 0 Å². The molecule has 1 aromatic rings. The molecule has 14 heavy (non-hydrogen) atoms. The lowest BCUT2D eigenvalue weighted by Gasteiger charge is -2.30. The van der Waals surface area contributed by atoms with E-state index in [0.29, 0.717) is 12.0 Å². The first-order valence-corrected chi connectivity index (χ1v) is 5.42. The highest BCUT2D eigenvalue weighted by Crippen LogP contribution is 2.34. The smallest absolute Gasteiger partial charge is 0.0435 e. The molecule has 2 nitrogen and oxygen atoms in total. The summed E-state index contributed by atoms with van der Waals surface area (Å²) in [5, 5.41) is 0. The van der Waals surface area contributed by atoms with Crippen LogP contribution in [0.3, 0.4) is 0 Å². The topological polar surface area (TPSA) is 38.9 Å². The van der Waals surface area contributed by atoms with Crippen LogP contribution < -0.4 is 5.73 Å². The minimum atomic E-state index is 0.366. The number of pyridine rings is 1. The molecule has 1 aliphatic rings. The second-order valence-corrected chi connectivity index (χ2v) is 4.52. The lowest BCUT2D eigenvalue weighted by Crippen LogP contribution is -2.31. The molecule has 0 bridgehead atoms. The van der Waals surface area contributed by atoms with Gasteiger partial charge in [-0.3, -0.25) is 4.98 Å². The van der Waals surface area contributed by atoms with Crippen molar-refractivity contribution in [3.8, 4) is 0 Å². The van der Waals surface area contributed by atoms with Gasteiger partial charge < -0.3 is 5.73 Å². The van der Waals surface area contributed by atoms with E-state index in [4.69, 9.17) is 5.73 Å². The number of rotatable bonds is 1. The summed E-state index contributed by atoms with van der Waals surface area (Å²) in [5.74, 6) is 1.32. The fraction of sp³-hybridized carbons (Fsp3) is 0.583. The van der Waals surface area contributed by atoms with Crippen molar-refractivity contribution in [2.45, 2.75) is 38.1 Å². The van der Waals surface area contributed by atoms with Crippen LogP contribution in [-0.2, 0) is 0 Å². The van der Waals surface area contributed by atoms with Gasteiger partial charge in [-0.15, -0.1) is 0 Å². The van der Waals surface area contributed by atoms with Gasteiger partial charge in [-0.2, -0.15) is 0 Å². The predicted molar refractivity (Wildman–Crippen MR) is 58.0 cm³/mol. The zero-order valence-electron chi connectivity index (χ0n) is 8.69.